The van der Waals surface area contributed by atoms with Gasteiger partial charge in [-0.15, -0.1) is 0 Å². The molecule has 0 spiro atoms. The number of hydrogen-bond donors (Lipinski definition) is 0. The third-order valence-electron chi connectivity index (χ3n) is 12.5. The zero-order chi connectivity index (χ0) is 35.6. The number of nitrogens with zero attached hydrogens (tertiary/aromatic N) is 3. The topological polar surface area (TPSA) is 51.8 Å². The predicted octanol–water partition coefficient (Wildman–Crippen LogP) is 12.3. The first-order valence-corrected chi connectivity index (χ1v) is 18.2. The molecule has 252 valence electrons. The second-order valence-corrected chi connectivity index (χ2v) is 16.0. The van der Waals surface area contributed by atoms with Crippen molar-refractivity contribution in [1.82, 2.24) is 15.0 Å². The molecule has 0 saturated carbocycles. The van der Waals surface area contributed by atoms with Gasteiger partial charge in [-0.3, -0.25) is 0 Å². The summed E-state index contributed by atoms with van der Waals surface area (Å²) in [5.74, 6) is 1.92. The van der Waals surface area contributed by atoms with E-state index in [9.17, 15) is 0 Å². The molecule has 2 heterocycles. The van der Waals surface area contributed by atoms with Gasteiger partial charge in [0.15, 0.2) is 17.5 Å². The van der Waals surface area contributed by atoms with E-state index < -0.39 is 0 Å². The molecule has 0 fully saturated rings. The first kappa shape index (κ1) is 30.9. The number of para-hydroxylation sites is 1. The monoisotopic (exact) mass is 673 g/mol. The number of aromatic nitrogens is 3. The van der Waals surface area contributed by atoms with Crippen molar-refractivity contribution in [3.8, 4) is 56.4 Å². The summed E-state index contributed by atoms with van der Waals surface area (Å²) in [6.07, 6.45) is 0. The minimum Gasteiger partial charge on any atom is -0.456 e. The van der Waals surface area contributed by atoms with E-state index in [-0.39, 0.29) is 16.2 Å². The Bertz CT molecular complexity index is 2770. The molecular formula is C48H39N3O. The van der Waals surface area contributed by atoms with Crippen LogP contribution in [0.25, 0.3) is 78.4 Å². The van der Waals surface area contributed by atoms with Gasteiger partial charge in [0.2, 0.25) is 0 Å². The summed E-state index contributed by atoms with van der Waals surface area (Å²) in [6.45, 7) is 14.5. The van der Waals surface area contributed by atoms with Gasteiger partial charge in [-0.05, 0) is 73.5 Å². The summed E-state index contributed by atoms with van der Waals surface area (Å²) < 4.78 is 6.26. The summed E-state index contributed by atoms with van der Waals surface area (Å²) in [5.41, 5.74) is 15.0. The molecule has 2 aliphatic carbocycles. The van der Waals surface area contributed by atoms with E-state index in [1.165, 1.54) is 44.5 Å². The molecule has 8 aromatic rings. The smallest absolute Gasteiger partial charge is 0.164 e. The van der Waals surface area contributed by atoms with Crippen molar-refractivity contribution in [3.05, 3.63) is 150 Å². The zero-order valence-electron chi connectivity index (χ0n) is 30.4. The molecule has 0 bridgehead atoms. The van der Waals surface area contributed by atoms with Gasteiger partial charge in [-0.1, -0.05) is 151 Å². The van der Waals surface area contributed by atoms with Crippen LogP contribution >= 0.6 is 0 Å². The molecule has 2 aliphatic rings. The molecule has 52 heavy (non-hydrogen) atoms. The van der Waals surface area contributed by atoms with Crippen LogP contribution in [-0.4, -0.2) is 15.0 Å². The molecule has 0 atom stereocenters. The lowest BCUT2D eigenvalue weighted by Crippen LogP contribution is -2.45. The lowest BCUT2D eigenvalue weighted by atomic mass is 9.53. The molecule has 2 aromatic heterocycles. The Labute approximate surface area is 304 Å². The van der Waals surface area contributed by atoms with Crippen LogP contribution in [0.3, 0.4) is 0 Å². The molecule has 4 heteroatoms. The second-order valence-electron chi connectivity index (χ2n) is 16.0. The maximum atomic E-state index is 6.26. The molecule has 0 unspecified atom stereocenters. The lowest BCUT2D eigenvalue weighted by molar-refractivity contribution is 0.295. The summed E-state index contributed by atoms with van der Waals surface area (Å²) in [4.78, 5) is 15.5. The van der Waals surface area contributed by atoms with Crippen molar-refractivity contribution in [2.75, 3.05) is 0 Å². The quantitative estimate of drug-likeness (QED) is 0.187. The van der Waals surface area contributed by atoms with Crippen LogP contribution < -0.4 is 0 Å². The van der Waals surface area contributed by atoms with E-state index in [0.717, 1.165) is 38.6 Å². The van der Waals surface area contributed by atoms with E-state index in [0.29, 0.717) is 17.5 Å². The normalized spacial score (nSPS) is 16.0. The molecule has 0 N–H and O–H groups in total. The standard InChI is InChI=1S/C48H39N3O/c1-46(2)37-27-29(23-24-31(37)32-25-26-33-30-17-10-12-20-36(30)47(3,4)48(5,6)42(33)41(32)46)44-49-43(28-15-8-7-9-16-28)50-45(51-44)35-19-14-22-39-40(35)34-18-11-13-21-38(34)52-39/h7-27H,1-6H3. The van der Waals surface area contributed by atoms with Crippen LogP contribution in [0.4, 0.5) is 0 Å². The van der Waals surface area contributed by atoms with E-state index in [1.807, 2.05) is 48.5 Å². The Hall–Kier alpha value is -5.87. The van der Waals surface area contributed by atoms with Crippen molar-refractivity contribution in [2.45, 2.75) is 57.8 Å². The van der Waals surface area contributed by atoms with Gasteiger partial charge in [0.1, 0.15) is 11.2 Å². The lowest BCUT2D eigenvalue weighted by Gasteiger charge is -2.50. The van der Waals surface area contributed by atoms with Gasteiger partial charge in [0.25, 0.3) is 0 Å². The predicted molar refractivity (Wildman–Crippen MR) is 212 cm³/mol. The molecule has 0 aliphatic heterocycles. The molecular weight excluding hydrogens is 635 g/mol. The van der Waals surface area contributed by atoms with E-state index in [2.05, 4.69) is 120 Å². The van der Waals surface area contributed by atoms with Crippen LogP contribution in [0.15, 0.2) is 132 Å². The van der Waals surface area contributed by atoms with Crippen molar-refractivity contribution >= 4 is 21.9 Å². The Kier molecular flexibility index (Phi) is 6.29. The Morgan fingerprint density at radius 3 is 1.83 bits per heavy atom. The highest BCUT2D eigenvalue weighted by atomic mass is 16.3. The third kappa shape index (κ3) is 4.12. The largest absolute Gasteiger partial charge is 0.456 e. The maximum absolute atomic E-state index is 6.26. The highest BCUT2D eigenvalue weighted by Crippen LogP contribution is 2.61. The number of furan rings is 1. The van der Waals surface area contributed by atoms with Gasteiger partial charge < -0.3 is 4.42 Å². The van der Waals surface area contributed by atoms with Crippen LogP contribution in [0.5, 0.6) is 0 Å². The van der Waals surface area contributed by atoms with Crippen LogP contribution in [0.1, 0.15) is 63.8 Å². The minimum absolute atomic E-state index is 0.0555. The molecule has 6 aromatic carbocycles. The molecule has 10 rings (SSSR count). The van der Waals surface area contributed by atoms with E-state index in [1.54, 1.807) is 0 Å². The van der Waals surface area contributed by atoms with Crippen molar-refractivity contribution in [3.63, 3.8) is 0 Å². The van der Waals surface area contributed by atoms with Crippen LogP contribution in [0, 0.1) is 0 Å². The average molecular weight is 674 g/mol. The SMILES string of the molecule is CC1(C)c2cc(-c3nc(-c4ccccc4)nc(-c4cccc5oc6ccccc6c45)n3)ccc2-c2ccc3c(c21)C(C)(C)C(C)(C)c1ccccc1-3. The second kappa shape index (κ2) is 10.6. The fourth-order valence-corrected chi connectivity index (χ4v) is 9.13. The molecule has 0 saturated heterocycles. The van der Waals surface area contributed by atoms with Crippen LogP contribution in [0.2, 0.25) is 0 Å². The van der Waals surface area contributed by atoms with Gasteiger partial charge in [0, 0.05) is 32.9 Å². The van der Waals surface area contributed by atoms with Crippen molar-refractivity contribution < 1.29 is 4.42 Å². The van der Waals surface area contributed by atoms with Crippen molar-refractivity contribution in [1.29, 1.82) is 0 Å². The average Bonchev–Trinajstić information content (AvgIpc) is 3.66. The highest BCUT2D eigenvalue weighted by molar-refractivity contribution is 6.11. The van der Waals surface area contributed by atoms with Gasteiger partial charge in [-0.25, -0.2) is 15.0 Å². The zero-order valence-corrected chi connectivity index (χ0v) is 30.4. The summed E-state index contributed by atoms with van der Waals surface area (Å²) in [6, 6.07) is 45.0. The summed E-state index contributed by atoms with van der Waals surface area (Å²) >= 11 is 0. The molecule has 0 amide bonds. The van der Waals surface area contributed by atoms with E-state index >= 15 is 0 Å². The number of benzene rings is 6. The van der Waals surface area contributed by atoms with Crippen LogP contribution in [-0.2, 0) is 16.2 Å². The van der Waals surface area contributed by atoms with E-state index in [4.69, 9.17) is 19.4 Å². The van der Waals surface area contributed by atoms with Gasteiger partial charge in [-0.2, -0.15) is 0 Å². The fourth-order valence-electron chi connectivity index (χ4n) is 9.13. The Balaban J connectivity index is 1.18. The number of hydrogen-bond acceptors (Lipinski definition) is 4. The Morgan fingerprint density at radius 2 is 1.02 bits per heavy atom. The fraction of sp³-hybridized carbons (Fsp3) is 0.188. The highest BCUT2D eigenvalue weighted by Gasteiger charge is 2.50. The number of rotatable bonds is 3. The summed E-state index contributed by atoms with van der Waals surface area (Å²) in [5, 5.41) is 2.06. The first-order chi connectivity index (χ1) is 25.1. The van der Waals surface area contributed by atoms with Crippen molar-refractivity contribution in [2.24, 2.45) is 0 Å². The Morgan fingerprint density at radius 1 is 0.423 bits per heavy atom. The number of fused-ring (bicyclic) bond motifs is 10. The molecule has 0 radical (unpaired) electrons. The molecule has 4 nitrogen and oxygen atoms in total. The first-order valence-electron chi connectivity index (χ1n) is 18.2. The minimum atomic E-state index is -0.245. The van der Waals surface area contributed by atoms with Gasteiger partial charge >= 0.3 is 0 Å². The van der Waals surface area contributed by atoms with Gasteiger partial charge in [0.05, 0.1) is 0 Å². The third-order valence-corrected chi connectivity index (χ3v) is 12.5. The summed E-state index contributed by atoms with van der Waals surface area (Å²) in [7, 11) is 0. The maximum Gasteiger partial charge on any atom is 0.164 e.